The van der Waals surface area contributed by atoms with Crippen LogP contribution >= 0.6 is 0 Å². The molecule has 1 amide bonds. The lowest BCUT2D eigenvalue weighted by molar-refractivity contribution is 0.0929. The molecule has 1 aliphatic heterocycles. The molecule has 2 N–H and O–H groups in total. The topological polar surface area (TPSA) is 46.1 Å². The average Bonchev–Trinajstić information content (AvgIpc) is 2.85. The van der Waals surface area contributed by atoms with Crippen LogP contribution in [0.15, 0.2) is 36.4 Å². The Morgan fingerprint density at radius 2 is 1.91 bits per heavy atom. The molecule has 1 aliphatic rings. The van der Waals surface area contributed by atoms with Crippen molar-refractivity contribution < 1.29 is 4.79 Å². The van der Waals surface area contributed by atoms with E-state index in [2.05, 4.69) is 34.3 Å². The van der Waals surface area contributed by atoms with Gasteiger partial charge < -0.3 is 15.2 Å². The molecular weight excluding hydrogens is 286 g/mol. The molecule has 1 fully saturated rings. The van der Waals surface area contributed by atoms with Gasteiger partial charge >= 0.3 is 0 Å². The zero-order valence-corrected chi connectivity index (χ0v) is 13.9. The zero-order valence-electron chi connectivity index (χ0n) is 13.9. The minimum atomic E-state index is 0.0595. The van der Waals surface area contributed by atoms with Crippen LogP contribution in [0.4, 0.5) is 0 Å². The summed E-state index contributed by atoms with van der Waals surface area (Å²) in [6.45, 7) is 6.87. The maximum absolute atomic E-state index is 12.6. The van der Waals surface area contributed by atoms with Gasteiger partial charge in [0.25, 0.3) is 5.91 Å². The predicted molar refractivity (Wildman–Crippen MR) is 92.8 cm³/mol. The summed E-state index contributed by atoms with van der Waals surface area (Å²) in [6, 6.07) is 12.7. The molecule has 0 aliphatic carbocycles. The van der Waals surface area contributed by atoms with Crippen molar-refractivity contribution in [2.45, 2.75) is 39.3 Å². The number of carbonyl (C=O) groups is 1. The minimum Gasteiger partial charge on any atom is -0.349 e. The number of nitrogens with zero attached hydrogens (tertiary/aromatic N) is 1. The third-order valence-corrected chi connectivity index (χ3v) is 4.68. The molecule has 122 valence electrons. The van der Waals surface area contributed by atoms with Gasteiger partial charge in [0.2, 0.25) is 0 Å². The number of piperidine rings is 1. The molecule has 1 aromatic heterocycles. The van der Waals surface area contributed by atoms with E-state index < -0.39 is 0 Å². The van der Waals surface area contributed by atoms with Gasteiger partial charge in [-0.1, -0.05) is 30.3 Å². The van der Waals surface area contributed by atoms with E-state index in [1.807, 2.05) is 31.2 Å². The first-order chi connectivity index (χ1) is 11.1. The Balaban J connectivity index is 1.75. The van der Waals surface area contributed by atoms with Gasteiger partial charge in [0.15, 0.2) is 0 Å². The Labute approximate surface area is 137 Å². The Bertz CT molecular complexity index is 669. The lowest BCUT2D eigenvalue weighted by atomic mass is 10.1. The van der Waals surface area contributed by atoms with Crippen LogP contribution < -0.4 is 10.6 Å². The fourth-order valence-electron chi connectivity index (χ4n) is 3.27. The van der Waals surface area contributed by atoms with Crippen LogP contribution in [0.25, 0.3) is 0 Å². The van der Waals surface area contributed by atoms with Crippen LogP contribution in [0.3, 0.4) is 0 Å². The van der Waals surface area contributed by atoms with Crippen LogP contribution in [0, 0.1) is 13.8 Å². The molecule has 0 atom stereocenters. The first-order valence-electron chi connectivity index (χ1n) is 8.37. The number of hydrogen-bond donors (Lipinski definition) is 2. The van der Waals surface area contributed by atoms with Crippen LogP contribution in [-0.4, -0.2) is 29.6 Å². The van der Waals surface area contributed by atoms with Crippen LogP contribution in [0.1, 0.15) is 40.2 Å². The summed E-state index contributed by atoms with van der Waals surface area (Å²) < 4.78 is 2.21. The Morgan fingerprint density at radius 1 is 1.22 bits per heavy atom. The van der Waals surface area contributed by atoms with Gasteiger partial charge in [-0.2, -0.15) is 0 Å². The quantitative estimate of drug-likeness (QED) is 0.912. The number of hydrogen-bond acceptors (Lipinski definition) is 2. The second-order valence-corrected chi connectivity index (χ2v) is 6.35. The first kappa shape index (κ1) is 15.8. The second kappa shape index (κ2) is 7.01. The number of aryl methyl sites for hydroxylation is 1. The fourth-order valence-corrected chi connectivity index (χ4v) is 3.27. The van der Waals surface area contributed by atoms with Gasteiger partial charge in [-0.15, -0.1) is 0 Å². The van der Waals surface area contributed by atoms with Crippen molar-refractivity contribution in [3.8, 4) is 0 Å². The molecule has 3 rings (SSSR count). The smallest absolute Gasteiger partial charge is 0.253 e. The summed E-state index contributed by atoms with van der Waals surface area (Å²) in [5, 5.41) is 6.51. The number of carbonyl (C=O) groups excluding carboxylic acids is 1. The predicted octanol–water partition coefficient (Wildman–Crippen LogP) is 2.64. The van der Waals surface area contributed by atoms with Crippen molar-refractivity contribution in [1.82, 2.24) is 15.2 Å². The lowest BCUT2D eigenvalue weighted by Crippen LogP contribution is -2.42. The number of amides is 1. The Hall–Kier alpha value is -2.07. The largest absolute Gasteiger partial charge is 0.349 e. The normalized spacial score (nSPS) is 15.6. The maximum atomic E-state index is 12.6. The van der Waals surface area contributed by atoms with Crippen molar-refractivity contribution in [1.29, 1.82) is 0 Å². The number of aromatic nitrogens is 1. The molecule has 0 saturated carbocycles. The minimum absolute atomic E-state index is 0.0595. The van der Waals surface area contributed by atoms with Crippen LogP contribution in [-0.2, 0) is 6.54 Å². The van der Waals surface area contributed by atoms with Gasteiger partial charge in [0.05, 0.1) is 5.56 Å². The molecule has 0 spiro atoms. The highest BCUT2D eigenvalue weighted by molar-refractivity contribution is 5.95. The molecule has 4 heteroatoms. The Kier molecular flexibility index (Phi) is 4.82. The zero-order chi connectivity index (χ0) is 16.2. The highest BCUT2D eigenvalue weighted by atomic mass is 16.1. The van der Waals surface area contributed by atoms with Gasteiger partial charge in [0.1, 0.15) is 0 Å². The van der Waals surface area contributed by atoms with Gasteiger partial charge in [-0.25, -0.2) is 0 Å². The molecule has 0 radical (unpaired) electrons. The summed E-state index contributed by atoms with van der Waals surface area (Å²) in [6.07, 6.45) is 2.02. The molecule has 0 bridgehead atoms. The van der Waals surface area contributed by atoms with Crippen molar-refractivity contribution in [3.05, 3.63) is 58.9 Å². The summed E-state index contributed by atoms with van der Waals surface area (Å²) >= 11 is 0. The third kappa shape index (κ3) is 3.64. The van der Waals surface area contributed by atoms with Gasteiger partial charge in [-0.3, -0.25) is 4.79 Å². The first-order valence-corrected chi connectivity index (χ1v) is 8.37. The van der Waals surface area contributed by atoms with Crippen molar-refractivity contribution in [2.24, 2.45) is 0 Å². The van der Waals surface area contributed by atoms with E-state index in [4.69, 9.17) is 0 Å². The van der Waals surface area contributed by atoms with Crippen molar-refractivity contribution in [3.63, 3.8) is 0 Å². The summed E-state index contributed by atoms with van der Waals surface area (Å²) in [5.74, 6) is 0.0595. The average molecular weight is 311 g/mol. The van der Waals surface area contributed by atoms with Crippen molar-refractivity contribution in [2.75, 3.05) is 13.1 Å². The van der Waals surface area contributed by atoms with E-state index in [0.29, 0.717) is 6.04 Å². The summed E-state index contributed by atoms with van der Waals surface area (Å²) in [4.78, 5) is 12.6. The standard InChI is InChI=1S/C19H25N3O/c1-14-12-18(19(23)21-17-8-10-20-11-9-17)15(2)22(14)13-16-6-4-3-5-7-16/h3-7,12,17,20H,8-11,13H2,1-2H3,(H,21,23). The van der Waals surface area contributed by atoms with Crippen LogP contribution in [0.2, 0.25) is 0 Å². The molecule has 23 heavy (non-hydrogen) atoms. The molecule has 2 heterocycles. The second-order valence-electron chi connectivity index (χ2n) is 6.35. The van der Waals surface area contributed by atoms with E-state index in [-0.39, 0.29) is 5.91 Å². The molecule has 1 saturated heterocycles. The van der Waals surface area contributed by atoms with Crippen LogP contribution in [0.5, 0.6) is 0 Å². The van der Waals surface area contributed by atoms with E-state index in [1.54, 1.807) is 0 Å². The Morgan fingerprint density at radius 3 is 2.61 bits per heavy atom. The van der Waals surface area contributed by atoms with Gasteiger partial charge in [0, 0.05) is 24.0 Å². The molecule has 1 aromatic carbocycles. The molecule has 4 nitrogen and oxygen atoms in total. The highest BCUT2D eigenvalue weighted by Crippen LogP contribution is 2.18. The maximum Gasteiger partial charge on any atom is 0.253 e. The fraction of sp³-hybridized carbons (Fsp3) is 0.421. The molecular formula is C19H25N3O. The SMILES string of the molecule is Cc1cc(C(=O)NC2CCNCC2)c(C)n1Cc1ccccc1. The molecule has 0 unspecified atom stereocenters. The van der Waals surface area contributed by atoms with Crippen molar-refractivity contribution >= 4 is 5.91 Å². The van der Waals surface area contributed by atoms with E-state index in [9.17, 15) is 4.79 Å². The van der Waals surface area contributed by atoms with E-state index >= 15 is 0 Å². The number of rotatable bonds is 4. The van der Waals surface area contributed by atoms with E-state index in [1.165, 1.54) is 5.56 Å². The molecule has 2 aromatic rings. The van der Waals surface area contributed by atoms with E-state index in [0.717, 1.165) is 49.4 Å². The summed E-state index contributed by atoms with van der Waals surface area (Å²) in [5.41, 5.74) is 4.22. The third-order valence-electron chi connectivity index (χ3n) is 4.68. The van der Waals surface area contributed by atoms with Gasteiger partial charge in [-0.05, 0) is 51.4 Å². The monoisotopic (exact) mass is 311 g/mol. The number of benzene rings is 1. The highest BCUT2D eigenvalue weighted by Gasteiger charge is 2.20. The summed E-state index contributed by atoms with van der Waals surface area (Å²) in [7, 11) is 0. The lowest BCUT2D eigenvalue weighted by Gasteiger charge is -2.23. The number of nitrogens with one attached hydrogen (secondary N) is 2.